The highest BCUT2D eigenvalue weighted by atomic mass is 15.1. The van der Waals surface area contributed by atoms with Crippen molar-refractivity contribution in [2.75, 3.05) is 0 Å². The molecule has 1 aromatic heterocycles. The summed E-state index contributed by atoms with van der Waals surface area (Å²) in [7, 11) is 2.05. The van der Waals surface area contributed by atoms with E-state index in [0.29, 0.717) is 0 Å². The van der Waals surface area contributed by atoms with E-state index < -0.39 is 0 Å². The van der Waals surface area contributed by atoms with Crippen molar-refractivity contribution >= 4 is 0 Å². The Morgan fingerprint density at radius 3 is 2.71 bits per heavy atom. The number of imidazole rings is 1. The van der Waals surface area contributed by atoms with Gasteiger partial charge in [0.1, 0.15) is 5.82 Å². The fraction of sp³-hybridized carbons (Fsp3) is 0.786. The number of aryl methyl sites for hydroxylation is 1. The van der Waals surface area contributed by atoms with E-state index in [9.17, 15) is 0 Å². The highest BCUT2D eigenvalue weighted by Crippen LogP contribution is 2.29. The third-order valence-electron chi connectivity index (χ3n) is 4.25. The average Bonchev–Trinajstić information content (AvgIpc) is 2.69. The molecule has 1 unspecified atom stereocenters. The summed E-state index contributed by atoms with van der Waals surface area (Å²) >= 11 is 0. The van der Waals surface area contributed by atoms with Gasteiger partial charge in [0, 0.05) is 13.1 Å². The number of nitrogens with zero attached hydrogens (tertiary/aromatic N) is 2. The summed E-state index contributed by atoms with van der Waals surface area (Å²) in [5.41, 5.74) is 7.44. The molecule has 2 rings (SSSR count). The Hall–Kier alpha value is -0.830. The quantitative estimate of drug-likeness (QED) is 0.871. The molecule has 0 aromatic carbocycles. The standard InChI is InChI=1S/C14H25N3/c1-11-16-10-14(17(11)2)13(15)9-8-12-6-4-3-5-7-12/h10,12-13H,3-9,15H2,1-2H3. The van der Waals surface area contributed by atoms with Gasteiger partial charge in [-0.1, -0.05) is 32.1 Å². The van der Waals surface area contributed by atoms with Gasteiger partial charge in [0.25, 0.3) is 0 Å². The van der Waals surface area contributed by atoms with Crippen LogP contribution in [0.3, 0.4) is 0 Å². The number of rotatable bonds is 4. The van der Waals surface area contributed by atoms with Gasteiger partial charge in [0.05, 0.1) is 11.9 Å². The molecule has 0 spiro atoms. The molecule has 1 aliphatic rings. The minimum Gasteiger partial charge on any atom is -0.334 e. The van der Waals surface area contributed by atoms with Crippen LogP contribution in [0.5, 0.6) is 0 Å². The van der Waals surface area contributed by atoms with E-state index in [1.807, 2.05) is 13.1 Å². The van der Waals surface area contributed by atoms with Crippen LogP contribution in [0, 0.1) is 12.8 Å². The van der Waals surface area contributed by atoms with Crippen molar-refractivity contribution in [3.63, 3.8) is 0 Å². The molecule has 1 atom stereocenters. The van der Waals surface area contributed by atoms with Crippen LogP contribution >= 0.6 is 0 Å². The second-order valence-corrected chi connectivity index (χ2v) is 5.48. The Bertz CT molecular complexity index is 350. The zero-order chi connectivity index (χ0) is 12.3. The first kappa shape index (κ1) is 12.6. The third kappa shape index (κ3) is 3.09. The van der Waals surface area contributed by atoms with Crippen LogP contribution in [0.15, 0.2) is 6.20 Å². The Kier molecular flexibility index (Phi) is 4.21. The lowest BCUT2D eigenvalue weighted by molar-refractivity contribution is 0.322. The molecule has 1 saturated carbocycles. The lowest BCUT2D eigenvalue weighted by atomic mass is 9.85. The normalized spacial score (nSPS) is 19.5. The second-order valence-electron chi connectivity index (χ2n) is 5.48. The first-order valence-corrected chi connectivity index (χ1v) is 6.92. The molecule has 0 bridgehead atoms. The number of hydrogen-bond donors (Lipinski definition) is 1. The van der Waals surface area contributed by atoms with Gasteiger partial charge >= 0.3 is 0 Å². The molecular weight excluding hydrogens is 210 g/mol. The molecule has 17 heavy (non-hydrogen) atoms. The van der Waals surface area contributed by atoms with Gasteiger partial charge in [-0.2, -0.15) is 0 Å². The van der Waals surface area contributed by atoms with Gasteiger partial charge in [-0.3, -0.25) is 0 Å². The van der Waals surface area contributed by atoms with Crippen LogP contribution in [0.25, 0.3) is 0 Å². The minimum absolute atomic E-state index is 0.156. The minimum atomic E-state index is 0.156. The van der Waals surface area contributed by atoms with Crippen LogP contribution in [-0.4, -0.2) is 9.55 Å². The van der Waals surface area contributed by atoms with E-state index in [2.05, 4.69) is 16.6 Å². The van der Waals surface area contributed by atoms with Crippen LogP contribution in [-0.2, 0) is 7.05 Å². The summed E-state index contributed by atoms with van der Waals surface area (Å²) in [5, 5.41) is 0. The Balaban J connectivity index is 1.84. The van der Waals surface area contributed by atoms with Crippen LogP contribution in [0.4, 0.5) is 0 Å². The maximum absolute atomic E-state index is 6.27. The summed E-state index contributed by atoms with van der Waals surface area (Å²) in [6.07, 6.45) is 11.4. The average molecular weight is 235 g/mol. The van der Waals surface area contributed by atoms with Gasteiger partial charge in [-0.25, -0.2) is 4.98 Å². The fourth-order valence-corrected chi connectivity index (χ4v) is 2.90. The fourth-order valence-electron chi connectivity index (χ4n) is 2.90. The second kappa shape index (κ2) is 5.67. The third-order valence-corrected chi connectivity index (χ3v) is 4.25. The Morgan fingerprint density at radius 2 is 2.12 bits per heavy atom. The summed E-state index contributed by atoms with van der Waals surface area (Å²) < 4.78 is 2.12. The lowest BCUT2D eigenvalue weighted by Gasteiger charge is -2.23. The van der Waals surface area contributed by atoms with Crippen LogP contribution < -0.4 is 5.73 Å². The Morgan fingerprint density at radius 1 is 1.41 bits per heavy atom. The molecule has 0 amide bonds. The molecule has 2 N–H and O–H groups in total. The van der Waals surface area contributed by atoms with E-state index in [4.69, 9.17) is 5.73 Å². The molecule has 3 heteroatoms. The van der Waals surface area contributed by atoms with Gasteiger partial charge in [0.15, 0.2) is 0 Å². The van der Waals surface area contributed by atoms with Gasteiger partial charge < -0.3 is 10.3 Å². The van der Waals surface area contributed by atoms with Gasteiger partial charge in [-0.05, 0) is 25.7 Å². The summed E-state index contributed by atoms with van der Waals surface area (Å²) in [6.45, 7) is 2.03. The molecule has 96 valence electrons. The summed E-state index contributed by atoms with van der Waals surface area (Å²) in [4.78, 5) is 4.31. The maximum atomic E-state index is 6.27. The first-order valence-electron chi connectivity index (χ1n) is 6.92. The van der Waals surface area contributed by atoms with Crippen LogP contribution in [0.1, 0.15) is 62.5 Å². The highest BCUT2D eigenvalue weighted by molar-refractivity contribution is 5.08. The highest BCUT2D eigenvalue weighted by Gasteiger charge is 2.17. The predicted octanol–water partition coefficient (Wildman–Crippen LogP) is 3.09. The van der Waals surface area contributed by atoms with E-state index in [-0.39, 0.29) is 6.04 Å². The van der Waals surface area contributed by atoms with Crippen molar-refractivity contribution in [1.82, 2.24) is 9.55 Å². The van der Waals surface area contributed by atoms with E-state index in [1.165, 1.54) is 44.2 Å². The largest absolute Gasteiger partial charge is 0.334 e. The molecule has 1 aromatic rings. The van der Waals surface area contributed by atoms with Crippen molar-refractivity contribution in [3.8, 4) is 0 Å². The van der Waals surface area contributed by atoms with E-state index in [1.54, 1.807) is 0 Å². The zero-order valence-electron chi connectivity index (χ0n) is 11.2. The molecule has 1 aliphatic carbocycles. The smallest absolute Gasteiger partial charge is 0.105 e. The number of aromatic nitrogens is 2. The predicted molar refractivity (Wildman–Crippen MR) is 70.7 cm³/mol. The van der Waals surface area contributed by atoms with E-state index in [0.717, 1.165) is 18.2 Å². The van der Waals surface area contributed by atoms with Crippen molar-refractivity contribution in [1.29, 1.82) is 0 Å². The van der Waals surface area contributed by atoms with Crippen molar-refractivity contribution < 1.29 is 0 Å². The van der Waals surface area contributed by atoms with Gasteiger partial charge in [-0.15, -0.1) is 0 Å². The van der Waals surface area contributed by atoms with Gasteiger partial charge in [0.2, 0.25) is 0 Å². The summed E-state index contributed by atoms with van der Waals surface area (Å²) in [5.74, 6) is 1.97. The molecule has 0 radical (unpaired) electrons. The summed E-state index contributed by atoms with van der Waals surface area (Å²) in [6, 6.07) is 0.156. The molecule has 3 nitrogen and oxygen atoms in total. The molecule has 0 saturated heterocycles. The molecule has 1 fully saturated rings. The number of nitrogens with two attached hydrogens (primary N) is 1. The van der Waals surface area contributed by atoms with Crippen LogP contribution in [0.2, 0.25) is 0 Å². The number of hydrogen-bond acceptors (Lipinski definition) is 2. The SMILES string of the molecule is Cc1ncc(C(N)CCC2CCCCC2)n1C. The van der Waals surface area contributed by atoms with Crippen molar-refractivity contribution in [2.45, 2.75) is 57.9 Å². The zero-order valence-corrected chi connectivity index (χ0v) is 11.2. The monoisotopic (exact) mass is 235 g/mol. The van der Waals surface area contributed by atoms with E-state index >= 15 is 0 Å². The molecule has 1 heterocycles. The maximum Gasteiger partial charge on any atom is 0.105 e. The molecular formula is C14H25N3. The molecule has 0 aliphatic heterocycles. The Labute approximate surface area is 104 Å². The van der Waals surface area contributed by atoms with Crippen molar-refractivity contribution in [2.24, 2.45) is 18.7 Å². The topological polar surface area (TPSA) is 43.8 Å². The van der Waals surface area contributed by atoms with Crippen molar-refractivity contribution in [3.05, 3.63) is 17.7 Å². The first-order chi connectivity index (χ1) is 8.18. The lowest BCUT2D eigenvalue weighted by Crippen LogP contribution is -2.16.